The van der Waals surface area contributed by atoms with Crippen LogP contribution in [0.1, 0.15) is 64.2 Å². The number of unbranched alkanes of at least 4 members (excludes halogenated alkanes) is 8. The summed E-state index contributed by atoms with van der Waals surface area (Å²) in [4.78, 5) is 21.0. The van der Waals surface area contributed by atoms with Gasteiger partial charge in [0, 0.05) is 12.3 Å². The summed E-state index contributed by atoms with van der Waals surface area (Å²) in [5, 5.41) is 8.37. The molecule has 100 valence electrons. The Labute approximate surface area is 109 Å². The van der Waals surface area contributed by atoms with E-state index in [1.165, 1.54) is 32.1 Å². The van der Waals surface area contributed by atoms with E-state index in [1.54, 1.807) is 0 Å². The molecule has 3 nitrogen and oxygen atoms in total. The second-order valence-electron chi connectivity index (χ2n) is 4.35. The number of carbonyl (C=O) groups is 2. The number of rotatable bonds is 12. The molecule has 0 atom stereocenters. The summed E-state index contributed by atoms with van der Waals surface area (Å²) in [6.07, 6.45) is 10.2. The number of carboxylic acids is 1. The van der Waals surface area contributed by atoms with Crippen LogP contribution in [0.15, 0.2) is 0 Å². The fourth-order valence-corrected chi connectivity index (χ4v) is 1.91. The van der Waals surface area contributed by atoms with E-state index in [0.717, 1.165) is 25.1 Å². The van der Waals surface area contributed by atoms with Gasteiger partial charge in [0.1, 0.15) is 0 Å². The number of aliphatic carboxylic acids is 1. The van der Waals surface area contributed by atoms with Gasteiger partial charge in [0.05, 0.1) is 0 Å². The number of alkyl halides is 1. The summed E-state index contributed by atoms with van der Waals surface area (Å²) in [6.45, 7) is 0. The molecule has 17 heavy (non-hydrogen) atoms. The first kappa shape index (κ1) is 16.4. The molecule has 0 amide bonds. The van der Waals surface area contributed by atoms with Crippen LogP contribution in [0, 0.1) is 0 Å². The van der Waals surface area contributed by atoms with Gasteiger partial charge >= 0.3 is 5.97 Å². The minimum absolute atomic E-state index is 0.186. The first-order chi connectivity index (χ1) is 8.18. The lowest BCUT2D eigenvalue weighted by molar-refractivity contribution is -0.149. The molecular weight excluding hydrogens is 240 g/mol. The molecule has 0 spiro atoms. The van der Waals surface area contributed by atoms with Gasteiger partial charge in [-0.05, 0) is 12.8 Å². The third-order valence-corrected chi connectivity index (χ3v) is 3.04. The molecule has 0 rings (SSSR count). The van der Waals surface area contributed by atoms with E-state index in [1.807, 2.05) is 0 Å². The summed E-state index contributed by atoms with van der Waals surface area (Å²) in [6, 6.07) is 0. The zero-order valence-corrected chi connectivity index (χ0v) is 11.2. The van der Waals surface area contributed by atoms with Gasteiger partial charge in [-0.1, -0.05) is 44.9 Å². The lowest BCUT2D eigenvalue weighted by atomic mass is 10.1. The molecule has 0 heterocycles. The van der Waals surface area contributed by atoms with Crippen molar-refractivity contribution in [2.45, 2.75) is 64.2 Å². The van der Waals surface area contributed by atoms with Crippen molar-refractivity contribution in [2.24, 2.45) is 0 Å². The van der Waals surface area contributed by atoms with Gasteiger partial charge in [0.25, 0.3) is 0 Å². The summed E-state index contributed by atoms with van der Waals surface area (Å²) >= 11 is 5.58. The molecule has 0 aromatic rings. The van der Waals surface area contributed by atoms with Crippen molar-refractivity contribution in [2.75, 3.05) is 5.88 Å². The van der Waals surface area contributed by atoms with Crippen molar-refractivity contribution in [3.8, 4) is 0 Å². The summed E-state index contributed by atoms with van der Waals surface area (Å²) < 4.78 is 0. The van der Waals surface area contributed by atoms with Crippen molar-refractivity contribution in [1.82, 2.24) is 0 Å². The number of carboxylic acid groups (broad SMARTS) is 1. The molecule has 0 aromatic carbocycles. The van der Waals surface area contributed by atoms with Gasteiger partial charge in [-0.15, -0.1) is 11.6 Å². The lowest BCUT2D eigenvalue weighted by Crippen LogP contribution is -2.11. The monoisotopic (exact) mass is 262 g/mol. The number of Topliss-reactive ketones (excluding diaryl/α,β-unsaturated/α-hetero) is 1. The Morgan fingerprint density at radius 2 is 1.18 bits per heavy atom. The van der Waals surface area contributed by atoms with Crippen LogP contribution in [0.4, 0.5) is 0 Å². The van der Waals surface area contributed by atoms with Gasteiger partial charge in [-0.25, -0.2) is 4.79 Å². The van der Waals surface area contributed by atoms with Crippen LogP contribution in [0.5, 0.6) is 0 Å². The molecule has 0 aliphatic carbocycles. The molecule has 0 saturated heterocycles. The molecular formula is C13H23ClO3. The smallest absolute Gasteiger partial charge is 0.372 e. The Kier molecular flexibility index (Phi) is 11.5. The van der Waals surface area contributed by atoms with Gasteiger partial charge in [-0.3, -0.25) is 4.79 Å². The van der Waals surface area contributed by atoms with E-state index in [0.29, 0.717) is 6.42 Å². The van der Waals surface area contributed by atoms with Crippen LogP contribution >= 0.6 is 11.6 Å². The quantitative estimate of drug-likeness (QED) is 0.331. The van der Waals surface area contributed by atoms with E-state index in [4.69, 9.17) is 16.7 Å². The normalized spacial score (nSPS) is 10.4. The zero-order chi connectivity index (χ0) is 12.9. The van der Waals surface area contributed by atoms with Crippen LogP contribution in [0.3, 0.4) is 0 Å². The fourth-order valence-electron chi connectivity index (χ4n) is 1.72. The third kappa shape index (κ3) is 11.7. The molecule has 0 aliphatic rings. The van der Waals surface area contributed by atoms with Crippen LogP contribution in [0.2, 0.25) is 0 Å². The van der Waals surface area contributed by atoms with Gasteiger partial charge in [0.15, 0.2) is 0 Å². The lowest BCUT2D eigenvalue weighted by Gasteiger charge is -2.01. The van der Waals surface area contributed by atoms with Crippen molar-refractivity contribution in [3.63, 3.8) is 0 Å². The number of hydrogen-bond acceptors (Lipinski definition) is 2. The zero-order valence-electron chi connectivity index (χ0n) is 10.4. The molecule has 0 radical (unpaired) electrons. The van der Waals surface area contributed by atoms with E-state index in [9.17, 15) is 9.59 Å². The Hall–Kier alpha value is -0.570. The SMILES string of the molecule is O=C(O)C(=O)CCCCCCCCCCCCl. The number of carbonyl (C=O) groups excluding carboxylic acids is 1. The van der Waals surface area contributed by atoms with E-state index in [-0.39, 0.29) is 6.42 Å². The Bertz CT molecular complexity index is 217. The maximum absolute atomic E-state index is 10.8. The standard InChI is InChI=1S/C13H23ClO3/c14-11-9-7-5-3-1-2-4-6-8-10-12(15)13(16)17/h1-11H2,(H,16,17). The summed E-state index contributed by atoms with van der Waals surface area (Å²) in [7, 11) is 0. The first-order valence-corrected chi connectivity index (χ1v) is 7.04. The Balaban J connectivity index is 3.08. The molecule has 0 bridgehead atoms. The van der Waals surface area contributed by atoms with Crippen LogP contribution in [0.25, 0.3) is 0 Å². The van der Waals surface area contributed by atoms with Crippen LogP contribution in [-0.2, 0) is 9.59 Å². The highest BCUT2D eigenvalue weighted by atomic mass is 35.5. The van der Waals surface area contributed by atoms with Gasteiger partial charge in [-0.2, -0.15) is 0 Å². The minimum atomic E-state index is -1.30. The average Bonchev–Trinajstić information content (AvgIpc) is 2.31. The predicted molar refractivity (Wildman–Crippen MR) is 69.5 cm³/mol. The minimum Gasteiger partial charge on any atom is -0.476 e. The Morgan fingerprint density at radius 1 is 0.765 bits per heavy atom. The summed E-state index contributed by atoms with van der Waals surface area (Å²) in [5.74, 6) is -1.20. The van der Waals surface area contributed by atoms with E-state index >= 15 is 0 Å². The highest BCUT2D eigenvalue weighted by molar-refractivity contribution is 6.32. The first-order valence-electron chi connectivity index (χ1n) is 6.50. The van der Waals surface area contributed by atoms with Crippen molar-refractivity contribution >= 4 is 23.4 Å². The molecule has 4 heteroatoms. The molecule has 0 aliphatic heterocycles. The third-order valence-electron chi connectivity index (χ3n) is 2.78. The average molecular weight is 263 g/mol. The molecule has 0 unspecified atom stereocenters. The predicted octanol–water partition coefficient (Wildman–Crippen LogP) is 3.78. The van der Waals surface area contributed by atoms with Crippen LogP contribution in [-0.4, -0.2) is 22.7 Å². The molecule has 0 saturated carbocycles. The maximum atomic E-state index is 10.8. The van der Waals surface area contributed by atoms with E-state index < -0.39 is 11.8 Å². The van der Waals surface area contributed by atoms with Crippen molar-refractivity contribution in [3.05, 3.63) is 0 Å². The maximum Gasteiger partial charge on any atom is 0.372 e. The largest absolute Gasteiger partial charge is 0.476 e. The Morgan fingerprint density at radius 3 is 1.59 bits per heavy atom. The summed E-state index contributed by atoms with van der Waals surface area (Å²) in [5.41, 5.74) is 0. The molecule has 0 fully saturated rings. The number of hydrogen-bond donors (Lipinski definition) is 1. The molecule has 0 aromatic heterocycles. The van der Waals surface area contributed by atoms with Crippen molar-refractivity contribution < 1.29 is 14.7 Å². The number of ketones is 1. The van der Waals surface area contributed by atoms with E-state index in [2.05, 4.69) is 0 Å². The molecule has 1 N–H and O–H groups in total. The van der Waals surface area contributed by atoms with Crippen molar-refractivity contribution in [1.29, 1.82) is 0 Å². The number of halogens is 1. The van der Waals surface area contributed by atoms with Gasteiger partial charge in [0.2, 0.25) is 5.78 Å². The second-order valence-corrected chi connectivity index (χ2v) is 4.73. The topological polar surface area (TPSA) is 54.4 Å². The highest BCUT2D eigenvalue weighted by Crippen LogP contribution is 2.10. The fraction of sp³-hybridized carbons (Fsp3) is 0.846. The highest BCUT2D eigenvalue weighted by Gasteiger charge is 2.09. The van der Waals surface area contributed by atoms with Gasteiger partial charge < -0.3 is 5.11 Å². The van der Waals surface area contributed by atoms with Crippen LogP contribution < -0.4 is 0 Å². The second kappa shape index (κ2) is 11.9.